The van der Waals surface area contributed by atoms with E-state index < -0.39 is 17.9 Å². The van der Waals surface area contributed by atoms with E-state index in [1.165, 1.54) is 25.3 Å². The molecule has 1 N–H and O–H groups in total. The van der Waals surface area contributed by atoms with E-state index in [0.717, 1.165) is 0 Å². The predicted molar refractivity (Wildman–Crippen MR) is 69.7 cm³/mol. The highest BCUT2D eigenvalue weighted by molar-refractivity contribution is 5.94. The van der Waals surface area contributed by atoms with E-state index in [2.05, 4.69) is 4.74 Å². The zero-order valence-corrected chi connectivity index (χ0v) is 11.3. The summed E-state index contributed by atoms with van der Waals surface area (Å²) >= 11 is 0. The first-order valence-electron chi connectivity index (χ1n) is 6.09. The van der Waals surface area contributed by atoms with Gasteiger partial charge in [0.2, 0.25) is 0 Å². The molecule has 0 heterocycles. The first-order chi connectivity index (χ1) is 9.49. The number of rotatable bonds is 6. The van der Waals surface area contributed by atoms with Gasteiger partial charge in [-0.1, -0.05) is 0 Å². The number of esters is 2. The summed E-state index contributed by atoms with van der Waals surface area (Å²) in [7, 11) is 1.27. The lowest BCUT2D eigenvalue weighted by molar-refractivity contribution is -0.140. The van der Waals surface area contributed by atoms with Crippen molar-refractivity contribution in [2.45, 2.75) is 19.8 Å². The molecule has 0 spiro atoms. The first-order valence-corrected chi connectivity index (χ1v) is 6.09. The molecule has 0 fully saturated rings. The Morgan fingerprint density at radius 2 is 1.95 bits per heavy atom. The number of hydrogen-bond donors (Lipinski definition) is 1. The maximum atomic E-state index is 11.8. The zero-order chi connectivity index (χ0) is 15.1. The van der Waals surface area contributed by atoms with Crippen LogP contribution in [0.25, 0.3) is 0 Å². The minimum atomic E-state index is -1.10. The second-order valence-electron chi connectivity index (χ2n) is 3.97. The molecule has 0 saturated heterocycles. The average Bonchev–Trinajstić information content (AvgIpc) is 2.44. The van der Waals surface area contributed by atoms with Crippen LogP contribution in [0.15, 0.2) is 18.2 Å². The van der Waals surface area contributed by atoms with Gasteiger partial charge < -0.3 is 14.6 Å². The van der Waals surface area contributed by atoms with Gasteiger partial charge in [-0.15, -0.1) is 0 Å². The first kappa shape index (κ1) is 15.7. The van der Waals surface area contributed by atoms with E-state index in [1.807, 2.05) is 0 Å². The third-order valence-corrected chi connectivity index (χ3v) is 2.67. The number of carboxylic acids is 1. The summed E-state index contributed by atoms with van der Waals surface area (Å²) in [5.41, 5.74) is 0.771. The molecule has 0 aromatic heterocycles. The zero-order valence-electron chi connectivity index (χ0n) is 11.3. The largest absolute Gasteiger partial charge is 0.478 e. The molecule has 1 aromatic carbocycles. The Kier molecular flexibility index (Phi) is 5.71. The van der Waals surface area contributed by atoms with Gasteiger partial charge >= 0.3 is 17.9 Å². The van der Waals surface area contributed by atoms with Crippen LogP contribution < -0.4 is 0 Å². The van der Waals surface area contributed by atoms with Gasteiger partial charge in [0.1, 0.15) is 0 Å². The summed E-state index contributed by atoms with van der Waals surface area (Å²) in [5.74, 6) is -2.07. The fraction of sp³-hybridized carbons (Fsp3) is 0.357. The molecule has 1 aromatic rings. The molecule has 6 nitrogen and oxygen atoms in total. The Morgan fingerprint density at radius 3 is 2.50 bits per heavy atom. The Bertz CT molecular complexity index is 520. The molecule has 6 heteroatoms. The quantitative estimate of drug-likeness (QED) is 0.797. The third-order valence-electron chi connectivity index (χ3n) is 2.67. The monoisotopic (exact) mass is 280 g/mol. The number of methoxy groups -OCH3 is 1. The molecular weight excluding hydrogens is 264 g/mol. The summed E-state index contributed by atoms with van der Waals surface area (Å²) < 4.78 is 9.43. The minimum Gasteiger partial charge on any atom is -0.478 e. The van der Waals surface area contributed by atoms with Gasteiger partial charge in [-0.2, -0.15) is 0 Å². The van der Waals surface area contributed by atoms with Crippen molar-refractivity contribution in [1.82, 2.24) is 0 Å². The van der Waals surface area contributed by atoms with Crippen LogP contribution in [0, 0.1) is 0 Å². The van der Waals surface area contributed by atoms with Gasteiger partial charge in [-0.05, 0) is 37.1 Å². The van der Waals surface area contributed by atoms with E-state index in [4.69, 9.17) is 9.84 Å². The number of carbonyl (C=O) groups is 3. The number of benzene rings is 1. The molecule has 0 saturated carbocycles. The summed E-state index contributed by atoms with van der Waals surface area (Å²) in [4.78, 5) is 33.9. The van der Waals surface area contributed by atoms with E-state index in [0.29, 0.717) is 5.56 Å². The molecule has 0 unspecified atom stereocenters. The predicted octanol–water partition coefficient (Wildman–Crippen LogP) is 1.67. The Hall–Kier alpha value is -2.37. The highest BCUT2D eigenvalue weighted by Gasteiger charge is 2.16. The maximum absolute atomic E-state index is 11.8. The fourth-order valence-electron chi connectivity index (χ4n) is 1.68. The van der Waals surface area contributed by atoms with E-state index in [-0.39, 0.29) is 30.6 Å². The summed E-state index contributed by atoms with van der Waals surface area (Å²) in [6.07, 6.45) is 0.272. The number of aromatic carboxylic acids is 1. The second-order valence-corrected chi connectivity index (χ2v) is 3.97. The average molecular weight is 280 g/mol. The van der Waals surface area contributed by atoms with Gasteiger partial charge in [-0.3, -0.25) is 4.79 Å². The van der Waals surface area contributed by atoms with Crippen LogP contribution in [0.1, 0.15) is 39.6 Å². The number of carbonyl (C=O) groups excluding carboxylic acids is 2. The summed E-state index contributed by atoms with van der Waals surface area (Å²) in [6.45, 7) is 1.90. The molecular formula is C14H16O6. The van der Waals surface area contributed by atoms with E-state index in [1.54, 1.807) is 6.92 Å². The standard InChI is InChI=1S/C14H16O6/c1-3-20-14(18)11-6-4-10(13(16)17)8-9(11)5-7-12(15)19-2/h4,6,8H,3,5,7H2,1-2H3,(H,16,17). The highest BCUT2D eigenvalue weighted by Crippen LogP contribution is 2.16. The number of ether oxygens (including phenoxy) is 2. The number of carboxylic acid groups (broad SMARTS) is 1. The van der Waals surface area contributed by atoms with Crippen molar-refractivity contribution < 1.29 is 29.0 Å². The summed E-state index contributed by atoms with van der Waals surface area (Å²) in [5, 5.41) is 8.96. The Morgan fingerprint density at radius 1 is 1.25 bits per heavy atom. The van der Waals surface area contributed by atoms with Crippen LogP contribution in [0.4, 0.5) is 0 Å². The molecule has 20 heavy (non-hydrogen) atoms. The fourth-order valence-corrected chi connectivity index (χ4v) is 1.68. The maximum Gasteiger partial charge on any atom is 0.338 e. The molecule has 0 radical (unpaired) electrons. The van der Waals surface area contributed by atoms with Crippen LogP contribution >= 0.6 is 0 Å². The van der Waals surface area contributed by atoms with Crippen molar-refractivity contribution in [1.29, 1.82) is 0 Å². The molecule has 1 rings (SSSR count). The van der Waals surface area contributed by atoms with Crippen molar-refractivity contribution >= 4 is 17.9 Å². The molecule has 0 aliphatic rings. The molecule has 0 aliphatic carbocycles. The van der Waals surface area contributed by atoms with Crippen molar-refractivity contribution in [2.75, 3.05) is 13.7 Å². The van der Waals surface area contributed by atoms with Crippen LogP contribution in [0.2, 0.25) is 0 Å². The van der Waals surface area contributed by atoms with E-state index in [9.17, 15) is 14.4 Å². The van der Waals surface area contributed by atoms with Gasteiger partial charge in [-0.25, -0.2) is 9.59 Å². The second kappa shape index (κ2) is 7.28. The molecule has 108 valence electrons. The third kappa shape index (κ3) is 4.08. The van der Waals surface area contributed by atoms with Gasteiger partial charge in [0, 0.05) is 6.42 Å². The van der Waals surface area contributed by atoms with Gasteiger partial charge in [0.05, 0.1) is 24.8 Å². The lowest BCUT2D eigenvalue weighted by Gasteiger charge is -2.09. The van der Waals surface area contributed by atoms with Crippen molar-refractivity contribution in [3.8, 4) is 0 Å². The SMILES string of the molecule is CCOC(=O)c1ccc(C(=O)O)cc1CCC(=O)OC. The minimum absolute atomic E-state index is 0.0536. The number of hydrogen-bond acceptors (Lipinski definition) is 5. The van der Waals surface area contributed by atoms with Crippen LogP contribution in [-0.2, 0) is 20.7 Å². The lowest BCUT2D eigenvalue weighted by Crippen LogP contribution is -2.11. The van der Waals surface area contributed by atoms with Gasteiger partial charge in [0.25, 0.3) is 0 Å². The van der Waals surface area contributed by atoms with Gasteiger partial charge in [0.15, 0.2) is 0 Å². The normalized spacial score (nSPS) is 9.90. The highest BCUT2D eigenvalue weighted by atomic mass is 16.5. The lowest BCUT2D eigenvalue weighted by atomic mass is 10.00. The van der Waals surface area contributed by atoms with Crippen LogP contribution in [0.5, 0.6) is 0 Å². The van der Waals surface area contributed by atoms with Crippen molar-refractivity contribution in [3.63, 3.8) is 0 Å². The number of aryl methyl sites for hydroxylation is 1. The molecule has 0 bridgehead atoms. The Balaban J connectivity index is 3.06. The van der Waals surface area contributed by atoms with Crippen LogP contribution in [0.3, 0.4) is 0 Å². The van der Waals surface area contributed by atoms with Crippen LogP contribution in [-0.4, -0.2) is 36.7 Å². The molecule has 0 amide bonds. The topological polar surface area (TPSA) is 89.9 Å². The smallest absolute Gasteiger partial charge is 0.338 e. The summed E-state index contributed by atoms with van der Waals surface area (Å²) in [6, 6.07) is 4.10. The Labute approximate surface area is 116 Å². The van der Waals surface area contributed by atoms with Crippen molar-refractivity contribution in [2.24, 2.45) is 0 Å². The van der Waals surface area contributed by atoms with Crippen molar-refractivity contribution in [3.05, 3.63) is 34.9 Å². The molecule has 0 aliphatic heterocycles. The molecule has 0 atom stereocenters. The van der Waals surface area contributed by atoms with E-state index >= 15 is 0 Å².